The van der Waals surface area contributed by atoms with Gasteiger partial charge in [-0.3, -0.25) is 4.79 Å². The Balaban J connectivity index is -0.0000000800. The van der Waals surface area contributed by atoms with Crippen LogP contribution in [0.1, 0.15) is 0 Å². The van der Waals surface area contributed by atoms with Crippen LogP contribution in [0.25, 0.3) is 0 Å². The van der Waals surface area contributed by atoms with Gasteiger partial charge in [0.25, 0.3) is 5.71 Å². The van der Waals surface area contributed by atoms with Gasteiger partial charge in [-0.1, -0.05) is 0 Å². The molecule has 4 heteroatoms. The maximum Gasteiger partial charge on any atom is 2.00 e. The molecule has 0 rings (SSSR count). The number of carbonyl (C=O) groups is 1. The van der Waals surface area contributed by atoms with Crippen molar-refractivity contribution in [2.45, 2.75) is 0 Å². The van der Waals surface area contributed by atoms with E-state index in [4.69, 9.17) is 5.11 Å². The van der Waals surface area contributed by atoms with E-state index in [0.717, 1.165) is 0 Å². The van der Waals surface area contributed by atoms with Gasteiger partial charge < -0.3 is 19.2 Å². The molecule has 0 aromatic carbocycles. The Bertz CT molecular complexity index is 48.2. The standard InChI is InChI=1S/C2H4O2P.CH3.V/c1-5-2(3)4;;/h5H,1H2,(H,3,4);1H3;/q2*-1;+2. The minimum atomic E-state index is -0.829. The van der Waals surface area contributed by atoms with Crippen molar-refractivity contribution in [2.24, 2.45) is 0 Å². The summed E-state index contributed by atoms with van der Waals surface area (Å²) in [6, 6.07) is 0. The van der Waals surface area contributed by atoms with Crippen molar-refractivity contribution in [3.05, 3.63) is 14.1 Å². The fraction of sp³-hybridized carbons (Fsp3) is 0. The first-order valence-corrected chi connectivity index (χ1v) is 2.24. The predicted octanol–water partition coefficient (Wildman–Crippen LogP) is 1.58. The molecule has 1 radical (unpaired) electrons. The normalized spacial score (nSPS) is 7.00. The van der Waals surface area contributed by atoms with E-state index in [1.165, 1.54) is 0 Å². The molecule has 0 aliphatic rings. The van der Waals surface area contributed by atoms with E-state index in [-0.39, 0.29) is 34.6 Å². The predicted molar refractivity (Wildman–Crippen MR) is 28.1 cm³/mol. The molecule has 0 fully saturated rings. The van der Waals surface area contributed by atoms with Crippen LogP contribution >= 0.6 is 8.58 Å². The van der Waals surface area contributed by atoms with Gasteiger partial charge in [0.2, 0.25) is 0 Å². The molecule has 1 atom stereocenters. The van der Waals surface area contributed by atoms with Crippen LogP contribution in [0, 0.1) is 14.1 Å². The Morgan fingerprint density at radius 1 is 1.71 bits per heavy atom. The Morgan fingerprint density at radius 3 is 1.86 bits per heavy atom. The van der Waals surface area contributed by atoms with Gasteiger partial charge in [-0.2, -0.15) is 8.58 Å². The van der Waals surface area contributed by atoms with E-state index in [1.54, 1.807) is 0 Å². The Labute approximate surface area is 57.4 Å². The minimum absolute atomic E-state index is 0. The van der Waals surface area contributed by atoms with Crippen molar-refractivity contribution < 1.29 is 28.5 Å². The molecule has 0 aliphatic heterocycles. The second-order valence-corrected chi connectivity index (χ2v) is 1.26. The molecule has 7 heavy (non-hydrogen) atoms. The summed E-state index contributed by atoms with van der Waals surface area (Å²) in [6.45, 7) is 3.11. The summed E-state index contributed by atoms with van der Waals surface area (Å²) in [5.41, 5.74) is -0.829. The van der Waals surface area contributed by atoms with E-state index < -0.39 is 5.71 Å². The van der Waals surface area contributed by atoms with Crippen molar-refractivity contribution in [3.63, 3.8) is 0 Å². The van der Waals surface area contributed by atoms with Crippen molar-refractivity contribution in [2.75, 3.05) is 0 Å². The fourth-order valence-corrected chi connectivity index (χ4v) is 0. The molecule has 0 bridgehead atoms. The molecule has 0 heterocycles. The van der Waals surface area contributed by atoms with Gasteiger partial charge in [0, 0.05) is 0 Å². The SMILES string of the molecule is [CH2-]PC(=O)O.[CH3-].[V+2]. The van der Waals surface area contributed by atoms with Crippen molar-refractivity contribution >= 4 is 14.3 Å². The zero-order chi connectivity index (χ0) is 4.28. The first kappa shape index (κ1) is 15.6. The van der Waals surface area contributed by atoms with Crippen LogP contribution in [0.4, 0.5) is 4.79 Å². The summed E-state index contributed by atoms with van der Waals surface area (Å²) >= 11 is 0. The Kier molecular flexibility index (Phi) is 21.7. The summed E-state index contributed by atoms with van der Waals surface area (Å²) in [5.74, 6) is 0. The van der Waals surface area contributed by atoms with Gasteiger partial charge in [0.05, 0.1) is 0 Å². The molecule has 1 unspecified atom stereocenters. The van der Waals surface area contributed by atoms with E-state index in [1.807, 2.05) is 0 Å². The Hall–Kier alpha value is 0.484. The second kappa shape index (κ2) is 9.70. The van der Waals surface area contributed by atoms with E-state index in [0.29, 0.717) is 0 Å². The van der Waals surface area contributed by atoms with Crippen molar-refractivity contribution in [1.29, 1.82) is 0 Å². The van der Waals surface area contributed by atoms with E-state index in [2.05, 4.69) is 6.66 Å². The van der Waals surface area contributed by atoms with E-state index in [9.17, 15) is 4.79 Å². The van der Waals surface area contributed by atoms with E-state index >= 15 is 0 Å². The molecule has 1 N–H and O–H groups in total. The smallest absolute Gasteiger partial charge is 0.480 e. The molecule has 0 spiro atoms. The molecule has 2 nitrogen and oxygen atoms in total. The zero-order valence-corrected chi connectivity index (χ0v) is 6.41. The third kappa shape index (κ3) is 21.1. The van der Waals surface area contributed by atoms with Gasteiger partial charge in [0.1, 0.15) is 0 Å². The monoisotopic (exact) mass is 157 g/mol. The molecule has 41 valence electrons. The number of hydrogen-bond donors (Lipinski definition) is 1. The molecular weight excluding hydrogens is 150 g/mol. The maximum absolute atomic E-state index is 9.32. The average molecular weight is 157 g/mol. The third-order valence-electron chi connectivity index (χ3n) is 0.151. The molecule has 0 aliphatic carbocycles. The second-order valence-electron chi connectivity index (χ2n) is 0.482. The van der Waals surface area contributed by atoms with Crippen LogP contribution in [0.3, 0.4) is 0 Å². The van der Waals surface area contributed by atoms with Crippen LogP contribution in [-0.2, 0) is 18.6 Å². The zero-order valence-electron chi connectivity index (χ0n) is 4.01. The average Bonchev–Trinajstić information content (AvgIpc) is 1.38. The molecule has 0 aromatic rings. The van der Waals surface area contributed by atoms with Crippen molar-refractivity contribution in [3.8, 4) is 0 Å². The first-order valence-electron chi connectivity index (χ1n) is 1.03. The molecule has 0 saturated carbocycles. The third-order valence-corrected chi connectivity index (χ3v) is 0.454. The topological polar surface area (TPSA) is 37.3 Å². The van der Waals surface area contributed by atoms with Gasteiger partial charge >= 0.3 is 18.6 Å². The van der Waals surface area contributed by atoms with Gasteiger partial charge in [-0.15, -0.1) is 0 Å². The molecular formula is C3H7O2PV. The summed E-state index contributed by atoms with van der Waals surface area (Å²) in [6.07, 6.45) is 0. The van der Waals surface area contributed by atoms with Crippen LogP contribution in [0.2, 0.25) is 0 Å². The molecule has 0 amide bonds. The summed E-state index contributed by atoms with van der Waals surface area (Å²) < 4.78 is 0. The van der Waals surface area contributed by atoms with Crippen LogP contribution in [0.5, 0.6) is 0 Å². The number of carboxylic acid groups (broad SMARTS) is 1. The maximum atomic E-state index is 9.32. The first-order chi connectivity index (χ1) is 2.27. The number of hydrogen-bond acceptors (Lipinski definition) is 1. The van der Waals surface area contributed by atoms with Gasteiger partial charge in [-0.05, 0) is 0 Å². The summed E-state index contributed by atoms with van der Waals surface area (Å²) in [7, 11) is -0.219. The van der Waals surface area contributed by atoms with Crippen molar-refractivity contribution in [1.82, 2.24) is 0 Å². The summed E-state index contributed by atoms with van der Waals surface area (Å²) in [4.78, 5) is 9.32. The number of rotatable bonds is 1. The summed E-state index contributed by atoms with van der Waals surface area (Å²) in [5, 5.41) is 7.67. The molecule has 0 saturated heterocycles. The fourth-order valence-electron chi connectivity index (χ4n) is 0. The molecule has 0 aromatic heterocycles. The van der Waals surface area contributed by atoms with Crippen LogP contribution in [0.15, 0.2) is 0 Å². The largest absolute Gasteiger partial charge is 2.00 e. The minimum Gasteiger partial charge on any atom is -0.480 e. The van der Waals surface area contributed by atoms with Gasteiger partial charge in [-0.25, -0.2) is 0 Å². The van der Waals surface area contributed by atoms with Gasteiger partial charge in [0.15, 0.2) is 0 Å². The van der Waals surface area contributed by atoms with Crippen LogP contribution in [-0.4, -0.2) is 10.8 Å². The Morgan fingerprint density at radius 2 is 1.86 bits per heavy atom. The quantitative estimate of drug-likeness (QED) is 0.463. The van der Waals surface area contributed by atoms with Crippen LogP contribution < -0.4 is 0 Å².